The zero-order chi connectivity index (χ0) is 16.7. The highest BCUT2D eigenvalue weighted by Gasteiger charge is 2.22. The molecular weight excluding hydrogens is 328 g/mol. The summed E-state index contributed by atoms with van der Waals surface area (Å²) in [6, 6.07) is 6.79. The van der Waals surface area contributed by atoms with Crippen LogP contribution in [-0.4, -0.2) is 16.1 Å². The second kappa shape index (κ2) is 5.48. The van der Waals surface area contributed by atoms with Gasteiger partial charge in [-0.2, -0.15) is 0 Å². The number of H-pyrrole nitrogens is 1. The highest BCUT2D eigenvalue weighted by molar-refractivity contribution is 6.31. The lowest BCUT2D eigenvalue weighted by molar-refractivity contribution is 0.0696. The van der Waals surface area contributed by atoms with Gasteiger partial charge in [0.2, 0.25) is 5.43 Å². The minimum Gasteiger partial charge on any atom is -0.477 e. The van der Waals surface area contributed by atoms with Crippen molar-refractivity contribution in [3.63, 3.8) is 0 Å². The molecule has 0 saturated heterocycles. The Labute approximate surface area is 133 Å². The maximum Gasteiger partial charge on any atom is 0.341 e. The number of nitrogens with one attached hydrogen (secondary N) is 1. The molecule has 4 nitrogen and oxygen atoms in total. The standard InChI is InChI=1S/C16H8ClF2NO3/c17-7-1-3-9-12(5-7)20-14(13(15(9)21)16(22)23)10-6-8(18)2-4-11(10)19/h1-6H,(H,20,21)(H,22,23). The number of aromatic nitrogens is 1. The van der Waals surface area contributed by atoms with Crippen molar-refractivity contribution >= 4 is 28.5 Å². The van der Waals surface area contributed by atoms with Crippen LogP contribution in [0.5, 0.6) is 0 Å². The molecule has 116 valence electrons. The summed E-state index contributed by atoms with van der Waals surface area (Å²) in [5, 5.41) is 9.72. The SMILES string of the molecule is O=C(O)c1c(-c2cc(F)ccc2F)[nH]c2cc(Cl)ccc2c1=O. The Hall–Kier alpha value is -2.73. The fraction of sp³-hybridized carbons (Fsp3) is 0. The molecule has 0 saturated carbocycles. The number of carboxylic acid groups (broad SMARTS) is 1. The first-order chi connectivity index (χ1) is 10.9. The first-order valence-corrected chi connectivity index (χ1v) is 6.80. The molecule has 2 N–H and O–H groups in total. The molecule has 0 fully saturated rings. The van der Waals surface area contributed by atoms with Gasteiger partial charge in [-0.1, -0.05) is 11.6 Å². The van der Waals surface area contributed by atoms with Gasteiger partial charge in [0.05, 0.1) is 11.2 Å². The molecule has 0 amide bonds. The average molecular weight is 336 g/mol. The molecule has 0 atom stereocenters. The van der Waals surface area contributed by atoms with E-state index in [0.717, 1.165) is 18.2 Å². The summed E-state index contributed by atoms with van der Waals surface area (Å²) in [4.78, 5) is 26.5. The lowest BCUT2D eigenvalue weighted by atomic mass is 10.0. The van der Waals surface area contributed by atoms with E-state index in [1.165, 1.54) is 18.2 Å². The average Bonchev–Trinajstić information content (AvgIpc) is 2.48. The molecule has 0 bridgehead atoms. The van der Waals surface area contributed by atoms with Crippen LogP contribution in [0.15, 0.2) is 41.2 Å². The molecule has 2 aromatic carbocycles. The second-order valence-corrected chi connectivity index (χ2v) is 5.26. The van der Waals surface area contributed by atoms with Crippen LogP contribution < -0.4 is 5.43 Å². The summed E-state index contributed by atoms with van der Waals surface area (Å²) in [5.41, 5.74) is -1.90. The molecule has 23 heavy (non-hydrogen) atoms. The van der Waals surface area contributed by atoms with Crippen molar-refractivity contribution in [2.24, 2.45) is 0 Å². The van der Waals surface area contributed by atoms with Crippen LogP contribution in [0.1, 0.15) is 10.4 Å². The number of fused-ring (bicyclic) bond motifs is 1. The molecule has 3 rings (SSSR count). The number of carboxylic acids is 1. The van der Waals surface area contributed by atoms with Gasteiger partial charge in [0.1, 0.15) is 17.2 Å². The van der Waals surface area contributed by atoms with Gasteiger partial charge in [-0.25, -0.2) is 13.6 Å². The van der Waals surface area contributed by atoms with Gasteiger partial charge in [0.25, 0.3) is 0 Å². The van der Waals surface area contributed by atoms with E-state index in [1.807, 2.05) is 0 Å². The summed E-state index contributed by atoms with van der Waals surface area (Å²) in [6.07, 6.45) is 0. The van der Waals surface area contributed by atoms with E-state index in [9.17, 15) is 23.5 Å². The van der Waals surface area contributed by atoms with E-state index in [1.54, 1.807) is 0 Å². The molecule has 0 aliphatic carbocycles. The fourth-order valence-electron chi connectivity index (χ4n) is 2.36. The van der Waals surface area contributed by atoms with Gasteiger partial charge in [-0.05, 0) is 36.4 Å². The number of hydrogen-bond acceptors (Lipinski definition) is 2. The first-order valence-electron chi connectivity index (χ1n) is 6.42. The van der Waals surface area contributed by atoms with Gasteiger partial charge in [0.15, 0.2) is 0 Å². The Morgan fingerprint density at radius 1 is 1.13 bits per heavy atom. The molecule has 0 radical (unpaired) electrons. The summed E-state index contributed by atoms with van der Waals surface area (Å²) in [6.45, 7) is 0. The highest BCUT2D eigenvalue weighted by atomic mass is 35.5. The number of benzene rings is 2. The topological polar surface area (TPSA) is 70.2 Å². The van der Waals surface area contributed by atoms with Gasteiger partial charge in [-0.3, -0.25) is 4.79 Å². The van der Waals surface area contributed by atoms with Gasteiger partial charge in [-0.15, -0.1) is 0 Å². The number of halogens is 3. The molecule has 0 aliphatic rings. The lowest BCUT2D eigenvalue weighted by Crippen LogP contribution is -2.18. The predicted molar refractivity (Wildman–Crippen MR) is 81.9 cm³/mol. The first kappa shape index (κ1) is 15.2. The number of carbonyl (C=O) groups is 1. The molecule has 0 unspecified atom stereocenters. The van der Waals surface area contributed by atoms with Gasteiger partial charge in [0, 0.05) is 16.0 Å². The molecule has 3 aromatic rings. The zero-order valence-corrected chi connectivity index (χ0v) is 12.1. The van der Waals surface area contributed by atoms with Crippen LogP contribution in [0.25, 0.3) is 22.2 Å². The maximum absolute atomic E-state index is 14.0. The molecular formula is C16H8ClF2NO3. The third-order valence-electron chi connectivity index (χ3n) is 3.37. The Morgan fingerprint density at radius 3 is 2.57 bits per heavy atom. The molecule has 1 heterocycles. The largest absolute Gasteiger partial charge is 0.477 e. The third kappa shape index (κ3) is 2.57. The van der Waals surface area contributed by atoms with Crippen LogP contribution in [-0.2, 0) is 0 Å². The normalized spacial score (nSPS) is 10.9. The van der Waals surface area contributed by atoms with Crippen LogP contribution in [0, 0.1) is 11.6 Å². The van der Waals surface area contributed by atoms with Crippen LogP contribution in [0.3, 0.4) is 0 Å². The summed E-state index contributed by atoms with van der Waals surface area (Å²) >= 11 is 5.86. The third-order valence-corrected chi connectivity index (χ3v) is 3.61. The van der Waals surface area contributed by atoms with E-state index in [-0.39, 0.29) is 22.2 Å². The number of hydrogen-bond donors (Lipinski definition) is 2. The van der Waals surface area contributed by atoms with Crippen molar-refractivity contribution in [2.45, 2.75) is 0 Å². The van der Waals surface area contributed by atoms with E-state index in [4.69, 9.17) is 11.6 Å². The van der Waals surface area contributed by atoms with Crippen molar-refractivity contribution < 1.29 is 18.7 Å². The summed E-state index contributed by atoms with van der Waals surface area (Å²) in [7, 11) is 0. The lowest BCUT2D eigenvalue weighted by Gasteiger charge is -2.10. The second-order valence-electron chi connectivity index (χ2n) is 4.82. The quantitative estimate of drug-likeness (QED) is 0.748. The Kier molecular flexibility index (Phi) is 3.61. The van der Waals surface area contributed by atoms with Crippen molar-refractivity contribution in [3.05, 3.63) is 68.8 Å². The van der Waals surface area contributed by atoms with E-state index >= 15 is 0 Å². The highest BCUT2D eigenvalue weighted by Crippen LogP contribution is 2.27. The van der Waals surface area contributed by atoms with Crippen molar-refractivity contribution in [3.8, 4) is 11.3 Å². The number of pyridine rings is 1. The number of rotatable bonds is 2. The van der Waals surface area contributed by atoms with Crippen LogP contribution >= 0.6 is 11.6 Å². The number of aromatic carboxylic acids is 1. The minimum atomic E-state index is -1.54. The Morgan fingerprint density at radius 2 is 1.87 bits per heavy atom. The summed E-state index contributed by atoms with van der Waals surface area (Å²) in [5.74, 6) is -3.16. The molecule has 1 aromatic heterocycles. The van der Waals surface area contributed by atoms with Crippen molar-refractivity contribution in [1.29, 1.82) is 0 Å². The fourth-order valence-corrected chi connectivity index (χ4v) is 2.53. The van der Waals surface area contributed by atoms with Crippen LogP contribution in [0.2, 0.25) is 5.02 Å². The Balaban J connectivity index is 2.48. The molecule has 0 spiro atoms. The van der Waals surface area contributed by atoms with Gasteiger partial charge < -0.3 is 10.1 Å². The predicted octanol–water partition coefficient (Wildman–Crippen LogP) is 3.82. The van der Waals surface area contributed by atoms with E-state index in [2.05, 4.69) is 4.98 Å². The van der Waals surface area contributed by atoms with Crippen LogP contribution in [0.4, 0.5) is 8.78 Å². The van der Waals surface area contributed by atoms with Gasteiger partial charge >= 0.3 is 5.97 Å². The minimum absolute atomic E-state index is 0.0901. The van der Waals surface area contributed by atoms with Crippen molar-refractivity contribution in [2.75, 3.05) is 0 Å². The monoisotopic (exact) mass is 335 g/mol. The molecule has 0 aliphatic heterocycles. The van der Waals surface area contributed by atoms with E-state index < -0.39 is 28.6 Å². The number of aromatic amines is 1. The molecule has 7 heteroatoms. The Bertz CT molecular complexity index is 1010. The van der Waals surface area contributed by atoms with E-state index in [0.29, 0.717) is 5.02 Å². The zero-order valence-electron chi connectivity index (χ0n) is 11.4. The summed E-state index contributed by atoms with van der Waals surface area (Å²) < 4.78 is 27.4. The smallest absolute Gasteiger partial charge is 0.341 e. The van der Waals surface area contributed by atoms with Crippen molar-refractivity contribution in [1.82, 2.24) is 4.98 Å². The maximum atomic E-state index is 14.0.